The van der Waals surface area contributed by atoms with Crippen LogP contribution in [0.5, 0.6) is 0 Å². The number of amides is 1. The van der Waals surface area contributed by atoms with Gasteiger partial charge in [0.2, 0.25) is 0 Å². The Balaban J connectivity index is 1.46. The highest BCUT2D eigenvalue weighted by Crippen LogP contribution is 2.38. The van der Waals surface area contributed by atoms with E-state index in [2.05, 4.69) is 4.90 Å². The van der Waals surface area contributed by atoms with Crippen LogP contribution in [0.2, 0.25) is 0 Å². The van der Waals surface area contributed by atoms with Crippen molar-refractivity contribution < 1.29 is 43.9 Å². The van der Waals surface area contributed by atoms with Gasteiger partial charge in [0.25, 0.3) is 0 Å². The van der Waals surface area contributed by atoms with Gasteiger partial charge in [0.1, 0.15) is 11.7 Å². The lowest BCUT2D eigenvalue weighted by molar-refractivity contribution is -0.151. The van der Waals surface area contributed by atoms with E-state index in [1.165, 1.54) is 12.8 Å². The van der Waals surface area contributed by atoms with E-state index in [-0.39, 0.29) is 43.0 Å². The number of cyclic esters (lactones) is 1. The minimum absolute atomic E-state index is 0.00156. The van der Waals surface area contributed by atoms with E-state index in [0.29, 0.717) is 38.4 Å². The van der Waals surface area contributed by atoms with Gasteiger partial charge in [0, 0.05) is 57.6 Å². The van der Waals surface area contributed by atoms with Crippen LogP contribution < -0.4 is 0 Å². The Labute approximate surface area is 286 Å². The molecular weight excluding hydrogens is 616 g/mol. The highest BCUT2D eigenvalue weighted by atomic mass is 16.6. The molecule has 48 heavy (non-hydrogen) atoms. The van der Waals surface area contributed by atoms with Crippen molar-refractivity contribution in [1.29, 1.82) is 0 Å². The predicted octanol–water partition coefficient (Wildman–Crippen LogP) is 4.14. The maximum Gasteiger partial charge on any atom is 0.410 e. The summed E-state index contributed by atoms with van der Waals surface area (Å²) in [6, 6.07) is 0.658. The molecular formula is C37H60N2O9. The summed E-state index contributed by atoms with van der Waals surface area (Å²) in [7, 11) is 1.57. The zero-order chi connectivity index (χ0) is 35.2. The minimum Gasteiger partial charge on any atom is -0.457 e. The fraction of sp³-hybridized carbons (Fsp3) is 0.784. The van der Waals surface area contributed by atoms with E-state index < -0.39 is 41.6 Å². The summed E-state index contributed by atoms with van der Waals surface area (Å²) in [6.45, 7) is 14.2. The standard InChI is InChI=1S/C37H60N2O9/c1-8-29(41)26(4)34-30(46-34)23-36(5,44)16-9-10-24(2)33-25(3)11-14-31(37(6,45-7)17-15-28(40)22-32(42)48-33)47-35(43)39-20-18-38(19-21-39)27-12-13-27/h9-11,14,16,25-31,33-34,40-41,44H,8,12-13,15,17-23H2,1-7H3. The quantitative estimate of drug-likeness (QED) is 0.127. The van der Waals surface area contributed by atoms with Crippen LogP contribution in [0.1, 0.15) is 86.5 Å². The summed E-state index contributed by atoms with van der Waals surface area (Å²) in [5, 5.41) is 32.0. The van der Waals surface area contributed by atoms with Crippen molar-refractivity contribution in [2.75, 3.05) is 33.3 Å². The van der Waals surface area contributed by atoms with Gasteiger partial charge in [-0.25, -0.2) is 4.79 Å². The van der Waals surface area contributed by atoms with Gasteiger partial charge in [0.05, 0.1) is 36.4 Å². The molecule has 0 radical (unpaired) electrons. The number of hydrogen-bond donors (Lipinski definition) is 3. The second kappa shape index (κ2) is 16.6. The molecule has 11 heteroatoms. The second-order valence-electron chi connectivity index (χ2n) is 14.9. The number of nitrogens with zero attached hydrogens (tertiary/aromatic N) is 2. The van der Waals surface area contributed by atoms with Crippen molar-refractivity contribution in [1.82, 2.24) is 9.80 Å². The maximum absolute atomic E-state index is 13.4. The summed E-state index contributed by atoms with van der Waals surface area (Å²) < 4.78 is 23.7. The monoisotopic (exact) mass is 676 g/mol. The molecule has 0 spiro atoms. The first-order chi connectivity index (χ1) is 22.7. The molecule has 2 saturated heterocycles. The largest absolute Gasteiger partial charge is 0.457 e. The highest BCUT2D eigenvalue weighted by molar-refractivity contribution is 5.70. The molecule has 4 rings (SSSR count). The van der Waals surface area contributed by atoms with Crippen LogP contribution in [0.15, 0.2) is 36.0 Å². The number of rotatable bonds is 11. The topological polar surface area (TPSA) is 142 Å². The number of carbonyl (C=O) groups is 2. The Morgan fingerprint density at radius 3 is 2.52 bits per heavy atom. The maximum atomic E-state index is 13.4. The van der Waals surface area contributed by atoms with Crippen LogP contribution in [0, 0.1) is 11.8 Å². The minimum atomic E-state index is -1.14. The van der Waals surface area contributed by atoms with Crippen LogP contribution in [0.3, 0.4) is 0 Å². The Morgan fingerprint density at radius 1 is 1.21 bits per heavy atom. The SMILES string of the molecule is CCC(O)C(C)C1OC1CC(C)(O)C=CC=C(C)C1OC(=O)CC(O)CCC(C)(OC)C(OC(=O)N2CCN(C3CC3)CC2)C=CC1C. The lowest BCUT2D eigenvalue weighted by Crippen LogP contribution is -2.52. The van der Waals surface area contributed by atoms with Crippen molar-refractivity contribution >= 4 is 12.1 Å². The van der Waals surface area contributed by atoms with E-state index in [9.17, 15) is 24.9 Å². The first kappa shape index (κ1) is 38.5. The smallest absolute Gasteiger partial charge is 0.410 e. The van der Waals surface area contributed by atoms with Gasteiger partial charge in [0.15, 0.2) is 6.10 Å². The van der Waals surface area contributed by atoms with E-state index >= 15 is 0 Å². The average Bonchev–Trinajstić information content (AvgIpc) is 3.99. The molecule has 1 amide bonds. The zero-order valence-corrected chi connectivity index (χ0v) is 30.0. The Hall–Kier alpha value is -2.28. The van der Waals surface area contributed by atoms with Gasteiger partial charge in [-0.3, -0.25) is 9.69 Å². The number of hydrogen-bond acceptors (Lipinski definition) is 10. The van der Waals surface area contributed by atoms with E-state index in [1.807, 2.05) is 52.8 Å². The summed E-state index contributed by atoms with van der Waals surface area (Å²) >= 11 is 0. The average molecular weight is 677 g/mol. The molecule has 0 aromatic rings. The third-order valence-corrected chi connectivity index (χ3v) is 10.7. The number of piperazine rings is 1. The number of allylic oxidation sites excluding steroid dienone is 2. The third-order valence-electron chi connectivity index (χ3n) is 10.7. The van der Waals surface area contributed by atoms with Crippen LogP contribution >= 0.6 is 0 Å². The molecule has 11 nitrogen and oxygen atoms in total. The molecule has 1 saturated carbocycles. The van der Waals surface area contributed by atoms with Gasteiger partial charge >= 0.3 is 12.1 Å². The Kier molecular flexibility index (Phi) is 13.3. The van der Waals surface area contributed by atoms with Gasteiger partial charge < -0.3 is 39.2 Å². The van der Waals surface area contributed by atoms with Crippen molar-refractivity contribution in [2.45, 2.75) is 140 Å². The Morgan fingerprint density at radius 2 is 1.90 bits per heavy atom. The first-order valence-corrected chi connectivity index (χ1v) is 17.9. The summed E-state index contributed by atoms with van der Waals surface area (Å²) in [5.74, 6) is -0.824. The molecule has 4 aliphatic rings. The number of aliphatic hydroxyl groups is 3. The number of ether oxygens (including phenoxy) is 4. The fourth-order valence-corrected chi connectivity index (χ4v) is 6.90. The molecule has 0 aromatic heterocycles. The Bertz CT molecular complexity index is 1180. The van der Waals surface area contributed by atoms with Gasteiger partial charge in [-0.15, -0.1) is 0 Å². The lowest BCUT2D eigenvalue weighted by atomic mass is 9.88. The molecule has 3 N–H and O–H groups in total. The van der Waals surface area contributed by atoms with Crippen LogP contribution in [0.4, 0.5) is 4.79 Å². The summed E-state index contributed by atoms with van der Waals surface area (Å²) in [4.78, 5) is 30.5. The molecule has 3 fully saturated rings. The van der Waals surface area contributed by atoms with Crippen LogP contribution in [-0.4, -0.2) is 124 Å². The molecule has 0 aromatic carbocycles. The molecule has 1 aliphatic carbocycles. The predicted molar refractivity (Wildman–Crippen MR) is 182 cm³/mol. The molecule has 10 unspecified atom stereocenters. The zero-order valence-electron chi connectivity index (χ0n) is 30.0. The summed E-state index contributed by atoms with van der Waals surface area (Å²) in [5.41, 5.74) is -1.33. The number of aliphatic hydroxyl groups excluding tert-OH is 2. The van der Waals surface area contributed by atoms with Crippen molar-refractivity contribution in [3.63, 3.8) is 0 Å². The first-order valence-electron chi connectivity index (χ1n) is 17.9. The van der Waals surface area contributed by atoms with Gasteiger partial charge in [-0.1, -0.05) is 45.1 Å². The van der Waals surface area contributed by atoms with E-state index in [4.69, 9.17) is 18.9 Å². The number of carbonyl (C=O) groups excluding carboxylic acids is 2. The van der Waals surface area contributed by atoms with Crippen LogP contribution in [-0.2, 0) is 23.7 Å². The fourth-order valence-electron chi connectivity index (χ4n) is 6.90. The van der Waals surface area contributed by atoms with E-state index in [0.717, 1.165) is 18.7 Å². The van der Waals surface area contributed by atoms with Crippen molar-refractivity contribution in [3.05, 3.63) is 36.0 Å². The van der Waals surface area contributed by atoms with Gasteiger partial charge in [-0.05, 0) is 64.5 Å². The summed E-state index contributed by atoms with van der Waals surface area (Å²) in [6.07, 6.45) is 9.56. The van der Waals surface area contributed by atoms with E-state index in [1.54, 1.807) is 31.1 Å². The third kappa shape index (κ3) is 10.6. The van der Waals surface area contributed by atoms with Gasteiger partial charge in [-0.2, -0.15) is 0 Å². The molecule has 272 valence electrons. The number of epoxide rings is 1. The normalized spacial score (nSPS) is 35.2. The molecule has 3 heterocycles. The number of methoxy groups -OCH3 is 1. The number of esters is 1. The van der Waals surface area contributed by atoms with Crippen molar-refractivity contribution in [2.24, 2.45) is 11.8 Å². The highest BCUT2D eigenvalue weighted by Gasteiger charge is 2.47. The molecule has 10 atom stereocenters. The van der Waals surface area contributed by atoms with Crippen LogP contribution in [0.25, 0.3) is 0 Å². The lowest BCUT2D eigenvalue weighted by Gasteiger charge is -2.38. The van der Waals surface area contributed by atoms with Crippen molar-refractivity contribution in [3.8, 4) is 0 Å². The molecule has 0 bridgehead atoms. The second-order valence-corrected chi connectivity index (χ2v) is 14.9. The molecule has 3 aliphatic heterocycles.